The Morgan fingerprint density at radius 3 is 2.14 bits per heavy atom. The standard InChI is InChI=1S/C30H25ClN2O2S/c1-18-9-7-10-19(2)27(18)32-30-33(28-20(3)11-8-12-21(28)4)29(34)26(36-30)17-22-15-16-25(35-22)23-13-5-6-14-24(23)31/h5-17H,1-4H3/b26-17+,32-30?. The Hall–Kier alpha value is -3.54. The van der Waals surface area contributed by atoms with Crippen molar-refractivity contribution in [1.82, 2.24) is 0 Å². The van der Waals surface area contributed by atoms with Crippen LogP contribution in [-0.4, -0.2) is 11.1 Å². The van der Waals surface area contributed by atoms with Crippen LogP contribution in [0.2, 0.25) is 5.02 Å². The number of amides is 1. The normalized spacial score (nSPS) is 15.9. The highest BCUT2D eigenvalue weighted by Gasteiger charge is 2.36. The zero-order chi connectivity index (χ0) is 25.4. The number of benzene rings is 3. The lowest BCUT2D eigenvalue weighted by Crippen LogP contribution is -2.30. The van der Waals surface area contributed by atoms with Crippen molar-refractivity contribution >= 4 is 51.9 Å². The van der Waals surface area contributed by atoms with Crippen LogP contribution in [0.5, 0.6) is 0 Å². The Morgan fingerprint density at radius 1 is 0.833 bits per heavy atom. The maximum atomic E-state index is 13.8. The summed E-state index contributed by atoms with van der Waals surface area (Å²) in [5.41, 5.74) is 6.69. The third-order valence-electron chi connectivity index (χ3n) is 6.16. The van der Waals surface area contributed by atoms with Gasteiger partial charge in [0.2, 0.25) is 0 Å². The van der Waals surface area contributed by atoms with Crippen LogP contribution in [0.1, 0.15) is 28.0 Å². The number of amidine groups is 1. The second-order valence-electron chi connectivity index (χ2n) is 8.81. The molecule has 0 atom stereocenters. The van der Waals surface area contributed by atoms with Gasteiger partial charge in [0, 0.05) is 11.6 Å². The molecule has 4 aromatic rings. The Bertz CT molecular complexity index is 1510. The highest BCUT2D eigenvalue weighted by molar-refractivity contribution is 8.19. The predicted octanol–water partition coefficient (Wildman–Crippen LogP) is 8.64. The van der Waals surface area contributed by atoms with Gasteiger partial charge < -0.3 is 4.42 Å². The molecule has 4 nitrogen and oxygen atoms in total. The van der Waals surface area contributed by atoms with Crippen LogP contribution in [0.4, 0.5) is 11.4 Å². The molecule has 1 fully saturated rings. The zero-order valence-corrected chi connectivity index (χ0v) is 22.1. The van der Waals surface area contributed by atoms with Gasteiger partial charge >= 0.3 is 0 Å². The fraction of sp³-hybridized carbons (Fsp3) is 0.133. The number of hydrogen-bond donors (Lipinski definition) is 0. The molecule has 1 aliphatic rings. The van der Waals surface area contributed by atoms with Crippen molar-refractivity contribution in [1.29, 1.82) is 0 Å². The minimum atomic E-state index is -0.127. The van der Waals surface area contributed by atoms with Crippen LogP contribution in [0, 0.1) is 27.7 Å². The van der Waals surface area contributed by atoms with E-state index in [1.54, 1.807) is 11.0 Å². The SMILES string of the molecule is Cc1cccc(C)c1N=C1S/C(=C/c2ccc(-c3ccccc3Cl)o2)C(=O)N1c1c(C)cccc1C. The molecule has 180 valence electrons. The van der Waals surface area contributed by atoms with Crippen LogP contribution in [0.3, 0.4) is 0 Å². The lowest BCUT2D eigenvalue weighted by Gasteiger charge is -2.21. The second kappa shape index (κ2) is 9.84. The number of aliphatic imine (C=N–C) groups is 1. The number of para-hydroxylation sites is 2. The molecule has 1 aromatic heterocycles. The minimum absolute atomic E-state index is 0.127. The first kappa shape index (κ1) is 24.2. The van der Waals surface area contributed by atoms with Crippen LogP contribution in [0.25, 0.3) is 17.4 Å². The molecule has 6 heteroatoms. The molecule has 0 saturated carbocycles. The highest BCUT2D eigenvalue weighted by Crippen LogP contribution is 2.41. The Balaban J connectivity index is 1.60. The van der Waals surface area contributed by atoms with Crippen molar-refractivity contribution in [3.63, 3.8) is 0 Å². The first-order chi connectivity index (χ1) is 17.3. The number of carbonyl (C=O) groups excluding carboxylic acids is 1. The molecule has 0 spiro atoms. The van der Waals surface area contributed by atoms with Gasteiger partial charge in [-0.25, -0.2) is 4.99 Å². The van der Waals surface area contributed by atoms with E-state index < -0.39 is 0 Å². The fourth-order valence-corrected chi connectivity index (χ4v) is 5.53. The van der Waals surface area contributed by atoms with E-state index in [-0.39, 0.29) is 5.91 Å². The number of furan rings is 1. The van der Waals surface area contributed by atoms with E-state index in [9.17, 15) is 4.79 Å². The summed E-state index contributed by atoms with van der Waals surface area (Å²) < 4.78 is 6.06. The van der Waals surface area contributed by atoms with Crippen LogP contribution in [-0.2, 0) is 4.79 Å². The van der Waals surface area contributed by atoms with E-state index in [0.717, 1.165) is 39.2 Å². The lowest BCUT2D eigenvalue weighted by molar-refractivity contribution is -0.113. The molecule has 5 rings (SSSR count). The van der Waals surface area contributed by atoms with Gasteiger partial charge in [-0.15, -0.1) is 0 Å². The van der Waals surface area contributed by atoms with E-state index in [1.165, 1.54) is 11.8 Å². The maximum absolute atomic E-state index is 13.8. The van der Waals surface area contributed by atoms with Crippen molar-refractivity contribution in [2.45, 2.75) is 27.7 Å². The quantitative estimate of drug-likeness (QED) is 0.257. The van der Waals surface area contributed by atoms with E-state index in [4.69, 9.17) is 21.0 Å². The van der Waals surface area contributed by atoms with E-state index in [1.807, 2.05) is 100 Å². The fourth-order valence-electron chi connectivity index (χ4n) is 4.35. The second-order valence-corrected chi connectivity index (χ2v) is 10.2. The van der Waals surface area contributed by atoms with Gasteiger partial charge in [0.15, 0.2) is 5.17 Å². The number of halogens is 1. The van der Waals surface area contributed by atoms with Gasteiger partial charge in [-0.05, 0) is 86.0 Å². The number of nitrogens with zero attached hydrogens (tertiary/aromatic N) is 2. The van der Waals surface area contributed by atoms with Crippen LogP contribution in [0.15, 0.2) is 87.1 Å². The average molecular weight is 513 g/mol. The molecule has 3 aromatic carbocycles. The van der Waals surface area contributed by atoms with Gasteiger partial charge in [-0.2, -0.15) is 0 Å². The largest absolute Gasteiger partial charge is 0.457 e. The minimum Gasteiger partial charge on any atom is -0.457 e. The molecule has 1 saturated heterocycles. The lowest BCUT2D eigenvalue weighted by atomic mass is 10.1. The van der Waals surface area contributed by atoms with Gasteiger partial charge in [-0.3, -0.25) is 9.69 Å². The Morgan fingerprint density at radius 2 is 1.47 bits per heavy atom. The van der Waals surface area contributed by atoms with Crippen molar-refractivity contribution in [2.75, 3.05) is 4.90 Å². The summed E-state index contributed by atoms with van der Waals surface area (Å²) in [6.07, 6.45) is 1.78. The number of hydrogen-bond acceptors (Lipinski definition) is 4. The maximum Gasteiger partial charge on any atom is 0.271 e. The number of anilines is 1. The average Bonchev–Trinajstić information content (AvgIpc) is 3.42. The third-order valence-corrected chi connectivity index (χ3v) is 7.45. The van der Waals surface area contributed by atoms with Crippen molar-refractivity contribution in [2.24, 2.45) is 4.99 Å². The summed E-state index contributed by atoms with van der Waals surface area (Å²) in [6, 6.07) is 23.4. The Labute approximate surface area is 220 Å². The summed E-state index contributed by atoms with van der Waals surface area (Å²) in [5.74, 6) is 1.10. The monoisotopic (exact) mass is 512 g/mol. The van der Waals surface area contributed by atoms with Crippen LogP contribution >= 0.6 is 23.4 Å². The zero-order valence-electron chi connectivity index (χ0n) is 20.5. The first-order valence-electron chi connectivity index (χ1n) is 11.6. The first-order valence-corrected chi connectivity index (χ1v) is 12.8. The van der Waals surface area contributed by atoms with Crippen molar-refractivity contribution < 1.29 is 9.21 Å². The number of aryl methyl sites for hydroxylation is 4. The van der Waals surface area contributed by atoms with E-state index in [2.05, 4.69) is 0 Å². The smallest absolute Gasteiger partial charge is 0.271 e. The van der Waals surface area contributed by atoms with Gasteiger partial charge in [0.25, 0.3) is 5.91 Å². The number of rotatable bonds is 4. The predicted molar refractivity (Wildman–Crippen MR) is 151 cm³/mol. The molecule has 0 N–H and O–H groups in total. The summed E-state index contributed by atoms with van der Waals surface area (Å²) in [6.45, 7) is 8.10. The number of carbonyl (C=O) groups is 1. The van der Waals surface area contributed by atoms with Gasteiger partial charge in [0.1, 0.15) is 11.5 Å². The Kier molecular flexibility index (Phi) is 6.61. The summed E-state index contributed by atoms with van der Waals surface area (Å²) >= 11 is 7.70. The molecule has 36 heavy (non-hydrogen) atoms. The van der Waals surface area contributed by atoms with Crippen molar-refractivity contribution in [3.05, 3.63) is 111 Å². The molecule has 0 radical (unpaired) electrons. The molecule has 1 aliphatic heterocycles. The summed E-state index contributed by atoms with van der Waals surface area (Å²) in [7, 11) is 0. The molecule has 0 unspecified atom stereocenters. The van der Waals surface area contributed by atoms with E-state index in [0.29, 0.717) is 26.6 Å². The summed E-state index contributed by atoms with van der Waals surface area (Å²) in [4.78, 5) is 21.1. The molecular formula is C30H25ClN2O2S. The highest BCUT2D eigenvalue weighted by atomic mass is 35.5. The molecule has 1 amide bonds. The van der Waals surface area contributed by atoms with Gasteiger partial charge in [-0.1, -0.05) is 60.1 Å². The van der Waals surface area contributed by atoms with Crippen LogP contribution < -0.4 is 4.90 Å². The van der Waals surface area contributed by atoms with E-state index >= 15 is 0 Å². The topological polar surface area (TPSA) is 45.8 Å². The third kappa shape index (κ3) is 4.52. The molecule has 0 aliphatic carbocycles. The number of thioether (sulfide) groups is 1. The van der Waals surface area contributed by atoms with Crippen molar-refractivity contribution in [3.8, 4) is 11.3 Å². The summed E-state index contributed by atoms with van der Waals surface area (Å²) in [5, 5.41) is 1.24. The molecule has 2 heterocycles. The van der Waals surface area contributed by atoms with Gasteiger partial charge in [0.05, 0.1) is 21.3 Å². The molecular weight excluding hydrogens is 488 g/mol. The molecule has 0 bridgehead atoms.